The number of benzene rings is 2. The maximum Gasteiger partial charge on any atom is 0.333 e. The lowest BCUT2D eigenvalue weighted by Crippen LogP contribution is -2.11. The van der Waals surface area contributed by atoms with Gasteiger partial charge in [0.25, 0.3) is 5.91 Å². The van der Waals surface area contributed by atoms with Crippen molar-refractivity contribution in [1.29, 1.82) is 0 Å². The van der Waals surface area contributed by atoms with E-state index in [1.807, 2.05) is 0 Å². The Bertz CT molecular complexity index is 785. The molecule has 0 fully saturated rings. The minimum absolute atomic E-state index is 0.285. The minimum Gasteiger partial charge on any atom is -0.494 e. The quantitative estimate of drug-likeness (QED) is 0.404. The fraction of sp³-hybridized carbons (Fsp3) is 0.238. The Morgan fingerprint density at radius 2 is 1.63 bits per heavy atom. The number of anilines is 1. The molecule has 6 heteroatoms. The number of amides is 1. The van der Waals surface area contributed by atoms with Gasteiger partial charge in [0, 0.05) is 16.8 Å². The summed E-state index contributed by atoms with van der Waals surface area (Å²) in [5.74, 6) is -0.381. The van der Waals surface area contributed by atoms with Gasteiger partial charge in [-0.1, -0.05) is 6.58 Å². The van der Waals surface area contributed by atoms with Crippen LogP contribution in [-0.4, -0.2) is 25.1 Å². The first-order valence-electron chi connectivity index (χ1n) is 8.58. The van der Waals surface area contributed by atoms with Crippen molar-refractivity contribution in [2.45, 2.75) is 19.8 Å². The maximum atomic E-state index is 12.9. The Balaban J connectivity index is 1.71. The van der Waals surface area contributed by atoms with Gasteiger partial charge >= 0.3 is 5.97 Å². The number of carbonyl (C=O) groups excluding carboxylic acids is 2. The van der Waals surface area contributed by atoms with E-state index < -0.39 is 0 Å². The van der Waals surface area contributed by atoms with E-state index in [9.17, 15) is 14.0 Å². The number of esters is 1. The maximum absolute atomic E-state index is 12.9. The third-order valence-electron chi connectivity index (χ3n) is 3.61. The summed E-state index contributed by atoms with van der Waals surface area (Å²) in [6.07, 6.45) is 1.42. The van der Waals surface area contributed by atoms with Crippen molar-refractivity contribution >= 4 is 17.6 Å². The number of nitrogens with one attached hydrogen (secondary N) is 1. The Hall–Kier alpha value is -3.15. The molecule has 2 aromatic carbocycles. The lowest BCUT2D eigenvalue weighted by Gasteiger charge is -2.08. The fourth-order valence-corrected chi connectivity index (χ4v) is 2.12. The van der Waals surface area contributed by atoms with Gasteiger partial charge in [0.1, 0.15) is 11.6 Å². The number of halogens is 1. The van der Waals surface area contributed by atoms with Crippen LogP contribution in [0.3, 0.4) is 0 Å². The van der Waals surface area contributed by atoms with Crippen molar-refractivity contribution in [2.75, 3.05) is 18.5 Å². The summed E-state index contributed by atoms with van der Waals surface area (Å²) in [5.41, 5.74) is 1.38. The molecule has 0 spiro atoms. The van der Waals surface area contributed by atoms with Gasteiger partial charge in [-0.25, -0.2) is 9.18 Å². The van der Waals surface area contributed by atoms with Crippen LogP contribution in [0.25, 0.3) is 0 Å². The molecule has 0 heterocycles. The van der Waals surface area contributed by atoms with E-state index in [0.717, 1.165) is 6.42 Å². The molecule has 2 rings (SSSR count). The number of carbonyl (C=O) groups is 2. The number of ether oxygens (including phenoxy) is 2. The van der Waals surface area contributed by atoms with Crippen LogP contribution in [0.4, 0.5) is 10.1 Å². The molecule has 0 aliphatic carbocycles. The topological polar surface area (TPSA) is 64.6 Å². The Morgan fingerprint density at radius 1 is 1.00 bits per heavy atom. The fourth-order valence-electron chi connectivity index (χ4n) is 2.12. The summed E-state index contributed by atoms with van der Waals surface area (Å²) in [6, 6.07) is 12.3. The zero-order chi connectivity index (χ0) is 19.6. The van der Waals surface area contributed by atoms with Gasteiger partial charge in [-0.3, -0.25) is 4.79 Å². The van der Waals surface area contributed by atoms with Crippen LogP contribution in [0.1, 0.15) is 30.1 Å². The lowest BCUT2D eigenvalue weighted by molar-refractivity contribution is -0.139. The lowest BCUT2D eigenvalue weighted by atomic mass is 10.2. The van der Waals surface area contributed by atoms with Crippen molar-refractivity contribution in [1.82, 2.24) is 0 Å². The van der Waals surface area contributed by atoms with E-state index in [1.54, 1.807) is 31.2 Å². The number of hydrogen-bond acceptors (Lipinski definition) is 4. The SMILES string of the molecule is C=C(C)C(=O)OCCCCOc1ccc(C(=O)Nc2ccc(F)cc2)cc1. The smallest absolute Gasteiger partial charge is 0.333 e. The highest BCUT2D eigenvalue weighted by Gasteiger charge is 2.07. The highest BCUT2D eigenvalue weighted by Crippen LogP contribution is 2.15. The first kappa shape index (κ1) is 20.2. The molecule has 0 saturated carbocycles. The van der Waals surface area contributed by atoms with E-state index in [4.69, 9.17) is 9.47 Å². The van der Waals surface area contributed by atoms with E-state index >= 15 is 0 Å². The molecule has 0 saturated heterocycles. The van der Waals surface area contributed by atoms with Crippen molar-refractivity contribution in [2.24, 2.45) is 0 Å². The molecular weight excluding hydrogens is 349 g/mol. The molecule has 142 valence electrons. The first-order valence-corrected chi connectivity index (χ1v) is 8.58. The third kappa shape index (κ3) is 6.93. The van der Waals surface area contributed by atoms with Crippen molar-refractivity contribution < 1.29 is 23.5 Å². The predicted molar refractivity (Wildman–Crippen MR) is 101 cm³/mol. The molecule has 0 aromatic heterocycles. The average molecular weight is 371 g/mol. The van der Waals surface area contributed by atoms with Crippen LogP contribution in [0.15, 0.2) is 60.7 Å². The summed E-state index contributed by atoms with van der Waals surface area (Å²) in [5, 5.41) is 2.69. The first-order chi connectivity index (χ1) is 13.0. The van der Waals surface area contributed by atoms with E-state index in [2.05, 4.69) is 11.9 Å². The second-order valence-corrected chi connectivity index (χ2v) is 5.96. The molecule has 0 atom stereocenters. The highest BCUT2D eigenvalue weighted by atomic mass is 19.1. The van der Waals surface area contributed by atoms with Gasteiger partial charge in [-0.2, -0.15) is 0 Å². The van der Waals surface area contributed by atoms with Gasteiger partial charge in [0.2, 0.25) is 0 Å². The van der Waals surface area contributed by atoms with Crippen LogP contribution >= 0.6 is 0 Å². The summed E-state index contributed by atoms with van der Waals surface area (Å²) >= 11 is 0. The van der Waals surface area contributed by atoms with Gasteiger partial charge in [-0.05, 0) is 68.3 Å². The summed E-state index contributed by atoms with van der Waals surface area (Å²) in [6.45, 7) is 5.93. The highest BCUT2D eigenvalue weighted by molar-refractivity contribution is 6.04. The molecule has 0 aliphatic heterocycles. The number of hydrogen-bond donors (Lipinski definition) is 1. The van der Waals surface area contributed by atoms with Gasteiger partial charge < -0.3 is 14.8 Å². The van der Waals surface area contributed by atoms with E-state index in [-0.39, 0.29) is 17.7 Å². The largest absolute Gasteiger partial charge is 0.494 e. The molecule has 0 bridgehead atoms. The van der Waals surface area contributed by atoms with Crippen LogP contribution in [-0.2, 0) is 9.53 Å². The van der Waals surface area contributed by atoms with Crippen LogP contribution in [0.2, 0.25) is 0 Å². The molecule has 0 radical (unpaired) electrons. The normalized spacial score (nSPS) is 10.1. The van der Waals surface area contributed by atoms with Crippen LogP contribution in [0.5, 0.6) is 5.75 Å². The predicted octanol–water partition coefficient (Wildman–Crippen LogP) is 4.36. The standard InChI is InChI=1S/C21H22FNO4/c1-15(2)21(25)27-14-4-3-13-26-19-11-5-16(6-12-19)20(24)23-18-9-7-17(22)8-10-18/h5-12H,1,3-4,13-14H2,2H3,(H,23,24). The number of rotatable bonds is 9. The summed E-state index contributed by atoms with van der Waals surface area (Å²) in [4.78, 5) is 23.4. The minimum atomic E-state index is -0.384. The molecule has 27 heavy (non-hydrogen) atoms. The summed E-state index contributed by atoms with van der Waals surface area (Å²) in [7, 11) is 0. The third-order valence-corrected chi connectivity index (χ3v) is 3.61. The summed E-state index contributed by atoms with van der Waals surface area (Å²) < 4.78 is 23.5. The van der Waals surface area contributed by atoms with Crippen molar-refractivity contribution in [3.8, 4) is 5.75 Å². The zero-order valence-corrected chi connectivity index (χ0v) is 15.2. The molecule has 1 amide bonds. The van der Waals surface area contributed by atoms with E-state index in [1.165, 1.54) is 24.3 Å². The monoisotopic (exact) mass is 371 g/mol. The molecule has 1 N–H and O–H groups in total. The van der Waals surface area contributed by atoms with Gasteiger partial charge in [0.15, 0.2) is 0 Å². The Kier molecular flexibility index (Phi) is 7.55. The van der Waals surface area contributed by atoms with Crippen LogP contribution in [0, 0.1) is 5.82 Å². The molecule has 0 unspecified atom stereocenters. The number of unbranched alkanes of at least 4 members (excludes halogenated alkanes) is 1. The van der Waals surface area contributed by atoms with E-state index in [0.29, 0.717) is 42.2 Å². The Labute approximate surface area is 157 Å². The van der Waals surface area contributed by atoms with Crippen LogP contribution < -0.4 is 10.1 Å². The van der Waals surface area contributed by atoms with Gasteiger partial charge in [-0.15, -0.1) is 0 Å². The van der Waals surface area contributed by atoms with Gasteiger partial charge in [0.05, 0.1) is 13.2 Å². The second kappa shape index (κ2) is 10.1. The molecular formula is C21H22FNO4. The zero-order valence-electron chi connectivity index (χ0n) is 15.2. The molecule has 0 aliphatic rings. The Morgan fingerprint density at radius 3 is 2.26 bits per heavy atom. The second-order valence-electron chi connectivity index (χ2n) is 5.96. The molecule has 2 aromatic rings. The average Bonchev–Trinajstić information content (AvgIpc) is 2.66. The van der Waals surface area contributed by atoms with Crippen molar-refractivity contribution in [3.63, 3.8) is 0 Å². The van der Waals surface area contributed by atoms with Crippen molar-refractivity contribution in [3.05, 3.63) is 72.1 Å². The molecule has 5 nitrogen and oxygen atoms in total.